The summed E-state index contributed by atoms with van der Waals surface area (Å²) in [6.07, 6.45) is -0.462. The lowest BCUT2D eigenvalue weighted by atomic mass is 10.0. The normalized spacial score (nSPS) is 20.9. The Morgan fingerprint density at radius 2 is 2.12 bits per heavy atom. The van der Waals surface area contributed by atoms with E-state index in [9.17, 15) is 18.0 Å². The van der Waals surface area contributed by atoms with Gasteiger partial charge < -0.3 is 10.4 Å². The highest BCUT2D eigenvalue weighted by atomic mass is 32.2. The van der Waals surface area contributed by atoms with Crippen LogP contribution in [0.2, 0.25) is 0 Å². The molecule has 0 radical (unpaired) electrons. The molecule has 1 heterocycles. The summed E-state index contributed by atoms with van der Waals surface area (Å²) in [5.74, 6) is -2.03. The molecule has 0 aromatic heterocycles. The van der Waals surface area contributed by atoms with Crippen LogP contribution in [0.4, 0.5) is 0 Å². The summed E-state index contributed by atoms with van der Waals surface area (Å²) in [6, 6.07) is 0. The van der Waals surface area contributed by atoms with Crippen LogP contribution in [-0.4, -0.2) is 54.1 Å². The SMILES string of the molecule is CC1(C)C(=O)NCCN1S(=O)(=O)CCC(=O)O. The number of nitrogens with zero attached hydrogens (tertiary/aromatic N) is 1. The molecule has 8 heteroatoms. The van der Waals surface area contributed by atoms with E-state index < -0.39 is 33.7 Å². The fourth-order valence-corrected chi connectivity index (χ4v) is 3.49. The van der Waals surface area contributed by atoms with Crippen molar-refractivity contribution >= 4 is 21.9 Å². The summed E-state index contributed by atoms with van der Waals surface area (Å²) < 4.78 is 24.9. The highest BCUT2D eigenvalue weighted by Crippen LogP contribution is 2.22. The smallest absolute Gasteiger partial charge is 0.304 e. The van der Waals surface area contributed by atoms with Crippen LogP contribution in [0.15, 0.2) is 0 Å². The first-order valence-electron chi connectivity index (χ1n) is 5.18. The fourth-order valence-electron chi connectivity index (χ4n) is 1.69. The molecular formula is C9H16N2O5S. The second kappa shape index (κ2) is 4.61. The van der Waals surface area contributed by atoms with E-state index in [1.807, 2.05) is 0 Å². The molecule has 17 heavy (non-hydrogen) atoms. The maximum absolute atomic E-state index is 11.9. The van der Waals surface area contributed by atoms with E-state index in [2.05, 4.69) is 5.32 Å². The Labute approximate surface area is 99.8 Å². The minimum Gasteiger partial charge on any atom is -0.481 e. The zero-order valence-corrected chi connectivity index (χ0v) is 10.6. The molecule has 0 saturated carbocycles. The number of carboxylic acids is 1. The number of hydrogen-bond donors (Lipinski definition) is 2. The van der Waals surface area contributed by atoms with Gasteiger partial charge in [-0.05, 0) is 13.8 Å². The number of aliphatic carboxylic acids is 1. The molecule has 2 N–H and O–H groups in total. The van der Waals surface area contributed by atoms with Gasteiger partial charge >= 0.3 is 5.97 Å². The number of rotatable bonds is 4. The van der Waals surface area contributed by atoms with Gasteiger partial charge in [0.1, 0.15) is 5.54 Å². The van der Waals surface area contributed by atoms with Gasteiger partial charge in [0.25, 0.3) is 0 Å². The van der Waals surface area contributed by atoms with Crippen LogP contribution in [0.5, 0.6) is 0 Å². The molecular weight excluding hydrogens is 248 g/mol. The molecule has 1 fully saturated rings. The van der Waals surface area contributed by atoms with Gasteiger partial charge in [0.05, 0.1) is 12.2 Å². The van der Waals surface area contributed by atoms with Gasteiger partial charge in [-0.1, -0.05) is 0 Å². The summed E-state index contributed by atoms with van der Waals surface area (Å²) in [6.45, 7) is 3.41. The molecule has 98 valence electrons. The summed E-state index contributed by atoms with van der Waals surface area (Å²) in [7, 11) is -3.73. The Bertz CT molecular complexity index is 429. The van der Waals surface area contributed by atoms with Gasteiger partial charge in [-0.2, -0.15) is 4.31 Å². The van der Waals surface area contributed by atoms with Crippen molar-refractivity contribution in [3.05, 3.63) is 0 Å². The Balaban J connectivity index is 2.90. The highest BCUT2D eigenvalue weighted by Gasteiger charge is 2.44. The number of piperazine rings is 1. The van der Waals surface area contributed by atoms with Crippen LogP contribution in [0, 0.1) is 0 Å². The Morgan fingerprint density at radius 3 is 2.65 bits per heavy atom. The van der Waals surface area contributed by atoms with Crippen LogP contribution in [0.3, 0.4) is 0 Å². The van der Waals surface area contributed by atoms with E-state index in [0.29, 0.717) is 0 Å². The van der Waals surface area contributed by atoms with Crippen molar-refractivity contribution in [3.8, 4) is 0 Å². The van der Waals surface area contributed by atoms with E-state index >= 15 is 0 Å². The average molecular weight is 264 g/mol. The first-order chi connectivity index (χ1) is 7.68. The van der Waals surface area contributed by atoms with Gasteiger partial charge in [-0.15, -0.1) is 0 Å². The lowest BCUT2D eigenvalue weighted by molar-refractivity contribution is -0.136. The molecule has 7 nitrogen and oxygen atoms in total. The lowest BCUT2D eigenvalue weighted by Gasteiger charge is -2.39. The van der Waals surface area contributed by atoms with E-state index in [0.717, 1.165) is 4.31 Å². The first kappa shape index (κ1) is 13.9. The Morgan fingerprint density at radius 1 is 1.53 bits per heavy atom. The van der Waals surface area contributed by atoms with Gasteiger partial charge in [-0.3, -0.25) is 9.59 Å². The maximum atomic E-state index is 11.9. The monoisotopic (exact) mass is 264 g/mol. The summed E-state index contributed by atoms with van der Waals surface area (Å²) in [5, 5.41) is 11.1. The zero-order valence-electron chi connectivity index (χ0n) is 9.76. The van der Waals surface area contributed by atoms with Crippen LogP contribution in [0.25, 0.3) is 0 Å². The van der Waals surface area contributed by atoms with Crippen molar-refractivity contribution in [3.63, 3.8) is 0 Å². The second-order valence-corrected chi connectivity index (χ2v) is 6.36. The van der Waals surface area contributed by atoms with Gasteiger partial charge in [0.15, 0.2) is 0 Å². The van der Waals surface area contributed by atoms with E-state index in [1.54, 1.807) is 0 Å². The fraction of sp³-hybridized carbons (Fsp3) is 0.778. The van der Waals surface area contributed by atoms with Crippen molar-refractivity contribution in [2.75, 3.05) is 18.8 Å². The Kier molecular flexibility index (Phi) is 3.78. The van der Waals surface area contributed by atoms with E-state index in [-0.39, 0.29) is 19.0 Å². The summed E-state index contributed by atoms with van der Waals surface area (Å²) in [4.78, 5) is 22.0. The third-order valence-corrected chi connectivity index (χ3v) is 4.72. The van der Waals surface area contributed by atoms with Crippen molar-refractivity contribution < 1.29 is 23.1 Å². The lowest BCUT2D eigenvalue weighted by Crippen LogP contribution is -2.63. The van der Waals surface area contributed by atoms with Crippen molar-refractivity contribution in [2.24, 2.45) is 0 Å². The molecule has 1 aliphatic rings. The minimum atomic E-state index is -3.73. The first-order valence-corrected chi connectivity index (χ1v) is 6.79. The van der Waals surface area contributed by atoms with Crippen LogP contribution in [-0.2, 0) is 19.6 Å². The molecule has 0 bridgehead atoms. The van der Waals surface area contributed by atoms with Crippen molar-refractivity contribution in [1.82, 2.24) is 9.62 Å². The predicted octanol–water partition coefficient (Wildman–Crippen LogP) is -0.999. The molecule has 0 atom stereocenters. The molecule has 0 aromatic rings. The predicted molar refractivity (Wildman–Crippen MR) is 59.8 cm³/mol. The van der Waals surface area contributed by atoms with Crippen molar-refractivity contribution in [2.45, 2.75) is 25.8 Å². The topological polar surface area (TPSA) is 104 Å². The van der Waals surface area contributed by atoms with E-state index in [1.165, 1.54) is 13.8 Å². The quantitative estimate of drug-likeness (QED) is 0.678. The number of carbonyl (C=O) groups excluding carboxylic acids is 1. The minimum absolute atomic E-state index is 0.167. The zero-order chi connectivity index (χ0) is 13.3. The standard InChI is InChI=1S/C9H16N2O5S/c1-9(2)8(14)10-4-5-11(9)17(15,16)6-3-7(12)13/h3-6H2,1-2H3,(H,10,14)(H,12,13). The molecule has 1 rings (SSSR count). The summed E-state index contributed by atoms with van der Waals surface area (Å²) >= 11 is 0. The van der Waals surface area contributed by atoms with Crippen LogP contribution >= 0.6 is 0 Å². The number of carboxylic acid groups (broad SMARTS) is 1. The number of carbonyl (C=O) groups is 2. The maximum Gasteiger partial charge on any atom is 0.304 e. The van der Waals surface area contributed by atoms with Crippen LogP contribution < -0.4 is 5.32 Å². The number of sulfonamides is 1. The number of amides is 1. The number of hydrogen-bond acceptors (Lipinski definition) is 4. The molecule has 0 aromatic carbocycles. The van der Waals surface area contributed by atoms with Gasteiger partial charge in [0, 0.05) is 13.1 Å². The molecule has 0 spiro atoms. The molecule has 1 amide bonds. The van der Waals surface area contributed by atoms with E-state index in [4.69, 9.17) is 5.11 Å². The summed E-state index contributed by atoms with van der Waals surface area (Å²) in [5.41, 5.74) is -1.17. The average Bonchev–Trinajstić information content (AvgIpc) is 2.19. The molecule has 1 saturated heterocycles. The second-order valence-electron chi connectivity index (χ2n) is 4.35. The molecule has 0 aliphatic carbocycles. The number of nitrogens with one attached hydrogen (secondary N) is 1. The van der Waals surface area contributed by atoms with Crippen molar-refractivity contribution in [1.29, 1.82) is 0 Å². The third-order valence-electron chi connectivity index (χ3n) is 2.69. The van der Waals surface area contributed by atoms with Gasteiger partial charge in [0.2, 0.25) is 15.9 Å². The van der Waals surface area contributed by atoms with Gasteiger partial charge in [-0.25, -0.2) is 8.42 Å². The Hall–Kier alpha value is -1.15. The van der Waals surface area contributed by atoms with Crippen LogP contribution in [0.1, 0.15) is 20.3 Å². The third kappa shape index (κ3) is 2.95. The highest BCUT2D eigenvalue weighted by molar-refractivity contribution is 7.89. The molecule has 1 aliphatic heterocycles. The molecule has 0 unspecified atom stereocenters. The largest absolute Gasteiger partial charge is 0.481 e.